The maximum Gasteiger partial charge on any atom is 0.336 e. The lowest BCUT2D eigenvalue weighted by atomic mass is 9.61. The summed E-state index contributed by atoms with van der Waals surface area (Å²) < 4.78 is 0. The minimum atomic E-state index is -1.19. The molecule has 0 aromatic heterocycles. The van der Waals surface area contributed by atoms with Crippen LogP contribution < -0.4 is 0 Å². The van der Waals surface area contributed by atoms with Crippen LogP contribution in [0.1, 0.15) is 94.1 Å². The zero-order valence-corrected chi connectivity index (χ0v) is 25.4. The Balaban J connectivity index is 1.66. The number of rotatable bonds is 10. The Labute approximate surface area is 254 Å². The van der Waals surface area contributed by atoms with Crippen LogP contribution in [-0.2, 0) is 17.6 Å². The standard InChI is InChI=1S/C39H38O4/c1-7-26-18-34(35(39(42)43)19-27(26)8-2)38(41)37-31(24(6)40)21-32-30-12-10-9-11-29(30)20-33(32)36(37)23(5)17-25-13-15-28(16-14-25)22(3)4/h7-9,11,13-16,18-19,22-23,31,36-37H,1-2,17,20-21H2,3-6H3,(H,42,43)/t23?,31-,36?,37?/m0/s1. The molecule has 3 unspecified atom stereocenters. The molecule has 4 heteroatoms. The Kier molecular flexibility index (Phi) is 8.38. The van der Waals surface area contributed by atoms with E-state index in [0.717, 1.165) is 28.7 Å². The predicted molar refractivity (Wildman–Crippen MR) is 172 cm³/mol. The molecule has 0 heterocycles. The van der Waals surface area contributed by atoms with E-state index >= 15 is 0 Å². The number of benzene rings is 2. The fourth-order valence-electron chi connectivity index (χ4n) is 7.20. The van der Waals surface area contributed by atoms with E-state index in [1.165, 1.54) is 17.2 Å². The monoisotopic (exact) mass is 570 g/mol. The molecule has 218 valence electrons. The van der Waals surface area contributed by atoms with E-state index in [2.05, 4.69) is 70.3 Å². The minimum Gasteiger partial charge on any atom is -0.478 e. The first kappa shape index (κ1) is 30.0. The van der Waals surface area contributed by atoms with Gasteiger partial charge in [0.25, 0.3) is 0 Å². The molecule has 1 N–H and O–H groups in total. The molecule has 2 aliphatic rings. The average molecular weight is 571 g/mol. The topological polar surface area (TPSA) is 71.4 Å². The highest BCUT2D eigenvalue weighted by Gasteiger charge is 2.48. The SMILES string of the molecule is C=Cc1cc(C(=O)O)c(C(=O)C2C(C(C)Cc3ccc(C(C)C)cc3)C3=C(C[C@H]2C(C)=O)c2c#cccc2C3)cc1C=C. The molecule has 0 spiro atoms. The van der Waals surface area contributed by atoms with Gasteiger partial charge in [-0.25, -0.2) is 4.79 Å². The number of carbonyl (C=O) groups is 3. The molecule has 0 saturated carbocycles. The van der Waals surface area contributed by atoms with Gasteiger partial charge in [0, 0.05) is 23.0 Å². The Morgan fingerprint density at radius 2 is 1.65 bits per heavy atom. The molecular weight excluding hydrogens is 532 g/mol. The van der Waals surface area contributed by atoms with Gasteiger partial charge >= 0.3 is 5.97 Å². The van der Waals surface area contributed by atoms with Gasteiger partial charge in [0.2, 0.25) is 0 Å². The summed E-state index contributed by atoms with van der Waals surface area (Å²) in [7, 11) is 0. The van der Waals surface area contributed by atoms with Crippen molar-refractivity contribution < 1.29 is 19.5 Å². The number of hydrogen-bond acceptors (Lipinski definition) is 3. The number of allylic oxidation sites excluding steroid dienone is 2. The van der Waals surface area contributed by atoms with Crippen molar-refractivity contribution in [2.45, 2.75) is 52.9 Å². The second-order valence-corrected chi connectivity index (χ2v) is 12.3. The molecule has 0 amide bonds. The molecule has 3 aromatic rings. The molecule has 0 bridgehead atoms. The van der Waals surface area contributed by atoms with Crippen LogP contribution in [-0.4, -0.2) is 22.6 Å². The summed E-state index contributed by atoms with van der Waals surface area (Å²) in [5.41, 5.74) is 8.07. The van der Waals surface area contributed by atoms with Gasteiger partial charge in [-0.3, -0.25) is 9.59 Å². The van der Waals surface area contributed by atoms with Crippen LogP contribution in [0.25, 0.3) is 17.7 Å². The zero-order valence-electron chi connectivity index (χ0n) is 25.4. The van der Waals surface area contributed by atoms with Crippen molar-refractivity contribution in [3.63, 3.8) is 0 Å². The molecule has 3 aromatic carbocycles. The van der Waals surface area contributed by atoms with Crippen molar-refractivity contribution >= 4 is 35.3 Å². The number of fused-ring (bicyclic) bond motifs is 2. The maximum absolute atomic E-state index is 14.7. The van der Waals surface area contributed by atoms with Crippen molar-refractivity contribution in [2.75, 3.05) is 0 Å². The first-order valence-corrected chi connectivity index (χ1v) is 15.0. The van der Waals surface area contributed by atoms with Crippen LogP contribution in [0.15, 0.2) is 67.3 Å². The van der Waals surface area contributed by atoms with Crippen LogP contribution in [0.3, 0.4) is 0 Å². The van der Waals surface area contributed by atoms with Crippen LogP contribution in [0, 0.1) is 35.8 Å². The van der Waals surface area contributed by atoms with E-state index < -0.39 is 17.8 Å². The predicted octanol–water partition coefficient (Wildman–Crippen LogP) is 8.31. The Morgan fingerprint density at radius 1 is 1.00 bits per heavy atom. The highest BCUT2D eigenvalue weighted by Crippen LogP contribution is 2.52. The smallest absolute Gasteiger partial charge is 0.336 e. The van der Waals surface area contributed by atoms with Crippen molar-refractivity contribution in [3.8, 4) is 0 Å². The second kappa shape index (κ2) is 12.0. The second-order valence-electron chi connectivity index (χ2n) is 12.3. The summed E-state index contributed by atoms with van der Waals surface area (Å²) in [6.07, 6.45) is 5.00. The van der Waals surface area contributed by atoms with Crippen LogP contribution >= 0.6 is 0 Å². The third-order valence-electron chi connectivity index (χ3n) is 9.40. The van der Waals surface area contributed by atoms with E-state index in [1.54, 1.807) is 25.1 Å². The van der Waals surface area contributed by atoms with E-state index in [9.17, 15) is 19.5 Å². The number of ketones is 2. The minimum absolute atomic E-state index is 0.00360. The van der Waals surface area contributed by atoms with Gasteiger partial charge in [-0.05, 0) is 102 Å². The van der Waals surface area contributed by atoms with Crippen LogP contribution in [0.4, 0.5) is 0 Å². The normalized spacial score (nSPS) is 19.7. The van der Waals surface area contributed by atoms with Gasteiger partial charge in [0.1, 0.15) is 5.78 Å². The fraction of sp³-hybridized carbons (Fsp3) is 0.308. The molecule has 5 rings (SSSR count). The third-order valence-corrected chi connectivity index (χ3v) is 9.40. The van der Waals surface area contributed by atoms with E-state index in [-0.39, 0.29) is 34.5 Å². The van der Waals surface area contributed by atoms with Gasteiger partial charge in [0.05, 0.1) is 5.56 Å². The van der Waals surface area contributed by atoms with Crippen LogP contribution in [0.2, 0.25) is 0 Å². The molecule has 0 radical (unpaired) electrons. The number of carboxylic acids is 1. The number of hydrogen-bond donors (Lipinski definition) is 1. The van der Waals surface area contributed by atoms with Crippen molar-refractivity contribution in [3.05, 3.63) is 124 Å². The van der Waals surface area contributed by atoms with E-state index in [1.807, 2.05) is 12.1 Å². The molecule has 4 nitrogen and oxygen atoms in total. The summed E-state index contributed by atoms with van der Waals surface area (Å²) >= 11 is 0. The van der Waals surface area contributed by atoms with Crippen LogP contribution in [0.5, 0.6) is 0 Å². The average Bonchev–Trinajstić information content (AvgIpc) is 3.37. The highest BCUT2D eigenvalue weighted by molar-refractivity contribution is 6.10. The third kappa shape index (κ3) is 5.53. The maximum atomic E-state index is 14.7. The molecule has 43 heavy (non-hydrogen) atoms. The highest BCUT2D eigenvalue weighted by atomic mass is 16.4. The summed E-state index contributed by atoms with van der Waals surface area (Å²) in [5, 5.41) is 10.2. The number of aromatic carboxylic acids is 1. The first-order chi connectivity index (χ1) is 20.5. The summed E-state index contributed by atoms with van der Waals surface area (Å²) in [5.74, 6) is -2.68. The molecule has 2 aliphatic carbocycles. The molecular formula is C39H38O4. The number of Topliss-reactive ketones (excluding diaryl/α,β-unsaturated/α-hetero) is 2. The van der Waals surface area contributed by atoms with E-state index in [4.69, 9.17) is 0 Å². The fourth-order valence-corrected chi connectivity index (χ4v) is 7.20. The lowest BCUT2D eigenvalue weighted by Gasteiger charge is -2.41. The summed E-state index contributed by atoms with van der Waals surface area (Å²) in [6, 6.07) is 22.0. The number of carbonyl (C=O) groups excluding carboxylic acids is 2. The van der Waals surface area contributed by atoms with Gasteiger partial charge in [-0.15, -0.1) is 0 Å². The van der Waals surface area contributed by atoms with Crippen molar-refractivity contribution in [1.29, 1.82) is 0 Å². The van der Waals surface area contributed by atoms with Crippen molar-refractivity contribution in [1.82, 2.24) is 0 Å². The molecule has 0 saturated heterocycles. The van der Waals surface area contributed by atoms with Gasteiger partial charge in [-0.1, -0.05) is 88.1 Å². The first-order valence-electron chi connectivity index (χ1n) is 15.0. The largest absolute Gasteiger partial charge is 0.478 e. The molecule has 0 fully saturated rings. The molecule has 0 aliphatic heterocycles. The molecule has 4 atom stereocenters. The number of carboxylic acid groups (broad SMARTS) is 1. The van der Waals surface area contributed by atoms with E-state index in [0.29, 0.717) is 29.9 Å². The summed E-state index contributed by atoms with van der Waals surface area (Å²) in [6.45, 7) is 15.7. The zero-order chi connectivity index (χ0) is 31.0. The Hall–Kier alpha value is -4.49. The lowest BCUT2D eigenvalue weighted by Crippen LogP contribution is -2.42. The summed E-state index contributed by atoms with van der Waals surface area (Å²) in [4.78, 5) is 40.6. The Morgan fingerprint density at radius 3 is 2.23 bits per heavy atom. The van der Waals surface area contributed by atoms with Crippen molar-refractivity contribution in [2.24, 2.45) is 23.7 Å². The lowest BCUT2D eigenvalue weighted by molar-refractivity contribution is -0.122. The van der Waals surface area contributed by atoms with Gasteiger partial charge in [0.15, 0.2) is 5.78 Å². The quantitative estimate of drug-likeness (QED) is 0.249. The Bertz CT molecular complexity index is 1650. The van der Waals surface area contributed by atoms with Gasteiger partial charge in [-0.2, -0.15) is 0 Å². The van der Waals surface area contributed by atoms with Gasteiger partial charge < -0.3 is 5.11 Å².